The van der Waals surface area contributed by atoms with Gasteiger partial charge >= 0.3 is 0 Å². The summed E-state index contributed by atoms with van der Waals surface area (Å²) >= 11 is 0. The molecular weight excluding hydrogens is 260 g/mol. The summed E-state index contributed by atoms with van der Waals surface area (Å²) in [6.07, 6.45) is 3.61. The van der Waals surface area contributed by atoms with Crippen molar-refractivity contribution in [2.24, 2.45) is 5.10 Å². The summed E-state index contributed by atoms with van der Waals surface area (Å²) in [5.74, 6) is 0.759. The summed E-state index contributed by atoms with van der Waals surface area (Å²) in [4.78, 5) is 7.73. The fourth-order valence-electron chi connectivity index (χ4n) is 2.49. The molecule has 0 aliphatic carbocycles. The first-order chi connectivity index (χ1) is 10.1. The fraction of sp³-hybridized carbons (Fsp3) is 0.176. The number of hydrogen-bond acceptors (Lipinski definition) is 3. The van der Waals surface area contributed by atoms with Gasteiger partial charge in [-0.2, -0.15) is 5.10 Å². The summed E-state index contributed by atoms with van der Waals surface area (Å²) in [5.41, 5.74) is 8.62. The van der Waals surface area contributed by atoms with Crippen LogP contribution < -0.4 is 5.43 Å². The first kappa shape index (κ1) is 13.4. The van der Waals surface area contributed by atoms with Crippen molar-refractivity contribution < 1.29 is 0 Å². The number of aromatic nitrogens is 2. The minimum absolute atomic E-state index is 0.759. The van der Waals surface area contributed by atoms with E-state index in [1.165, 1.54) is 22.1 Å². The summed E-state index contributed by atoms with van der Waals surface area (Å²) in [5, 5.41) is 5.41. The minimum atomic E-state index is 0.759. The number of anilines is 1. The van der Waals surface area contributed by atoms with E-state index in [9.17, 15) is 0 Å². The lowest BCUT2D eigenvalue weighted by Gasteiger charge is -2.09. The molecule has 0 unspecified atom stereocenters. The molecule has 0 fully saturated rings. The molecule has 0 bridgehead atoms. The first-order valence-electron chi connectivity index (χ1n) is 6.94. The van der Waals surface area contributed by atoms with Crippen LogP contribution in [0.2, 0.25) is 0 Å². The second-order valence-corrected chi connectivity index (χ2v) is 5.30. The second-order valence-electron chi connectivity index (χ2n) is 5.30. The first-order valence-corrected chi connectivity index (χ1v) is 6.94. The maximum atomic E-state index is 4.66. The number of hydrogen-bond donors (Lipinski definition) is 2. The van der Waals surface area contributed by atoms with Crippen LogP contribution in [0.1, 0.15) is 22.4 Å². The van der Waals surface area contributed by atoms with Crippen molar-refractivity contribution in [3.05, 3.63) is 58.9 Å². The maximum absolute atomic E-state index is 4.66. The van der Waals surface area contributed by atoms with Gasteiger partial charge in [0, 0.05) is 11.6 Å². The highest BCUT2D eigenvalue weighted by Crippen LogP contribution is 2.24. The number of aromatic amines is 1. The van der Waals surface area contributed by atoms with Crippen LogP contribution in [0.3, 0.4) is 0 Å². The van der Waals surface area contributed by atoms with Gasteiger partial charge in [-0.15, -0.1) is 0 Å². The van der Waals surface area contributed by atoms with Gasteiger partial charge in [0.2, 0.25) is 0 Å². The summed E-state index contributed by atoms with van der Waals surface area (Å²) in [7, 11) is 0. The highest BCUT2D eigenvalue weighted by atomic mass is 15.3. The third kappa shape index (κ3) is 2.79. The van der Waals surface area contributed by atoms with Crippen molar-refractivity contribution in [3.63, 3.8) is 0 Å². The highest BCUT2D eigenvalue weighted by Gasteiger charge is 2.05. The van der Waals surface area contributed by atoms with E-state index in [1.54, 1.807) is 6.21 Å². The van der Waals surface area contributed by atoms with Gasteiger partial charge < -0.3 is 4.98 Å². The lowest BCUT2D eigenvalue weighted by molar-refractivity contribution is 1.23. The van der Waals surface area contributed by atoms with Crippen molar-refractivity contribution >= 4 is 22.9 Å². The van der Waals surface area contributed by atoms with E-state index >= 15 is 0 Å². The molecule has 0 spiro atoms. The molecule has 1 aromatic carbocycles. The Bertz CT molecular complexity index is 801. The quantitative estimate of drug-likeness (QED) is 0.563. The summed E-state index contributed by atoms with van der Waals surface area (Å²) in [6, 6.07) is 10.2. The molecule has 3 aromatic rings. The normalized spacial score (nSPS) is 11.4. The zero-order valence-corrected chi connectivity index (χ0v) is 12.4. The lowest BCUT2D eigenvalue weighted by Crippen LogP contribution is -1.97. The van der Waals surface area contributed by atoms with Crippen LogP contribution in [-0.2, 0) is 0 Å². The number of H-pyrrole nitrogens is 1. The molecular formula is C17H18N4. The third-order valence-electron chi connectivity index (χ3n) is 3.46. The van der Waals surface area contributed by atoms with E-state index in [0.717, 1.165) is 17.0 Å². The summed E-state index contributed by atoms with van der Waals surface area (Å²) in [6.45, 7) is 6.30. The Kier molecular flexibility index (Phi) is 3.44. The van der Waals surface area contributed by atoms with Crippen LogP contribution in [0, 0.1) is 20.8 Å². The average Bonchev–Trinajstić information content (AvgIpc) is 2.93. The van der Waals surface area contributed by atoms with Gasteiger partial charge in [0.15, 0.2) is 0 Å². The van der Waals surface area contributed by atoms with Crippen LogP contribution in [0.25, 0.3) is 10.9 Å². The van der Waals surface area contributed by atoms with E-state index in [2.05, 4.69) is 53.4 Å². The largest absolute Gasteiger partial charge is 0.360 e. The molecule has 4 nitrogen and oxygen atoms in total. The SMILES string of the molecule is Cc1cc(C)c2nc(NN=Cc3ccc[nH]3)cc(C)c2c1. The zero-order chi connectivity index (χ0) is 14.8. The molecule has 0 aliphatic rings. The monoisotopic (exact) mass is 278 g/mol. The number of pyridine rings is 1. The molecule has 0 aliphatic heterocycles. The molecule has 0 atom stereocenters. The van der Waals surface area contributed by atoms with Crippen LogP contribution in [-0.4, -0.2) is 16.2 Å². The standard InChI is InChI=1S/C17H18N4/c1-11-7-13(3)17-15(8-11)12(2)9-16(20-17)21-19-10-14-5-4-6-18-14/h4-10,18H,1-3H3,(H,20,21). The average molecular weight is 278 g/mol. The molecule has 2 heterocycles. The Labute approximate surface area is 123 Å². The van der Waals surface area contributed by atoms with Gasteiger partial charge in [0.05, 0.1) is 17.4 Å². The zero-order valence-electron chi connectivity index (χ0n) is 12.4. The molecule has 106 valence electrons. The number of nitrogens with one attached hydrogen (secondary N) is 2. The van der Waals surface area contributed by atoms with Crippen molar-refractivity contribution in [1.82, 2.24) is 9.97 Å². The molecule has 2 N–H and O–H groups in total. The van der Waals surface area contributed by atoms with Gasteiger partial charge in [-0.3, -0.25) is 5.43 Å². The van der Waals surface area contributed by atoms with Gasteiger partial charge in [0.25, 0.3) is 0 Å². The molecule has 0 saturated heterocycles. The van der Waals surface area contributed by atoms with E-state index < -0.39 is 0 Å². The van der Waals surface area contributed by atoms with Crippen LogP contribution in [0.4, 0.5) is 5.82 Å². The van der Waals surface area contributed by atoms with Crippen molar-refractivity contribution in [2.75, 3.05) is 5.43 Å². The molecule has 4 heteroatoms. The molecule has 21 heavy (non-hydrogen) atoms. The van der Waals surface area contributed by atoms with Gasteiger partial charge in [-0.25, -0.2) is 4.98 Å². The van der Waals surface area contributed by atoms with Crippen molar-refractivity contribution in [3.8, 4) is 0 Å². The predicted octanol–water partition coefficient (Wildman–Crippen LogP) is 3.93. The van der Waals surface area contributed by atoms with E-state index in [1.807, 2.05) is 24.4 Å². The number of rotatable bonds is 3. The van der Waals surface area contributed by atoms with Gasteiger partial charge in [0.1, 0.15) is 5.82 Å². The summed E-state index contributed by atoms with van der Waals surface area (Å²) < 4.78 is 0. The smallest absolute Gasteiger partial charge is 0.147 e. The van der Waals surface area contributed by atoms with Crippen LogP contribution >= 0.6 is 0 Å². The Morgan fingerprint density at radius 3 is 2.76 bits per heavy atom. The Morgan fingerprint density at radius 2 is 2.00 bits per heavy atom. The number of benzene rings is 1. The lowest BCUT2D eigenvalue weighted by atomic mass is 10.0. The van der Waals surface area contributed by atoms with Crippen LogP contribution in [0.5, 0.6) is 0 Å². The number of aryl methyl sites for hydroxylation is 3. The van der Waals surface area contributed by atoms with E-state index in [0.29, 0.717) is 0 Å². The molecule has 0 amide bonds. The number of nitrogens with zero attached hydrogens (tertiary/aromatic N) is 2. The predicted molar refractivity (Wildman–Crippen MR) is 88.0 cm³/mol. The Balaban J connectivity index is 1.93. The number of fused-ring (bicyclic) bond motifs is 1. The highest BCUT2D eigenvalue weighted by molar-refractivity contribution is 5.87. The Morgan fingerprint density at radius 1 is 1.14 bits per heavy atom. The molecule has 0 radical (unpaired) electrons. The fourth-order valence-corrected chi connectivity index (χ4v) is 2.49. The minimum Gasteiger partial charge on any atom is -0.360 e. The van der Waals surface area contributed by atoms with E-state index in [4.69, 9.17) is 0 Å². The molecule has 3 rings (SSSR count). The topological polar surface area (TPSA) is 53.1 Å². The maximum Gasteiger partial charge on any atom is 0.147 e. The van der Waals surface area contributed by atoms with Crippen molar-refractivity contribution in [2.45, 2.75) is 20.8 Å². The van der Waals surface area contributed by atoms with Gasteiger partial charge in [-0.1, -0.05) is 11.6 Å². The third-order valence-corrected chi connectivity index (χ3v) is 3.46. The second kappa shape index (κ2) is 5.40. The van der Waals surface area contributed by atoms with E-state index in [-0.39, 0.29) is 0 Å². The molecule has 2 aromatic heterocycles. The van der Waals surface area contributed by atoms with Crippen molar-refractivity contribution in [1.29, 1.82) is 0 Å². The molecule has 0 saturated carbocycles. The van der Waals surface area contributed by atoms with Crippen LogP contribution in [0.15, 0.2) is 41.6 Å². The Hall–Kier alpha value is -2.62. The van der Waals surface area contributed by atoms with Gasteiger partial charge in [-0.05, 0) is 56.2 Å². The number of hydrazone groups is 1.